The van der Waals surface area contributed by atoms with Crippen LogP contribution in [0.1, 0.15) is 31.2 Å². The minimum Gasteiger partial charge on any atom is -0.381 e. The molecule has 4 rings (SSSR count). The number of ether oxygens (including phenoxy) is 1. The van der Waals surface area contributed by atoms with E-state index in [0.29, 0.717) is 32.8 Å². The Balaban J connectivity index is 1.37. The monoisotopic (exact) mass is 439 g/mol. The van der Waals surface area contributed by atoms with E-state index in [1.807, 2.05) is 42.5 Å². The van der Waals surface area contributed by atoms with Gasteiger partial charge in [-0.15, -0.1) is 0 Å². The molecule has 2 aromatic carbocycles. The van der Waals surface area contributed by atoms with Crippen molar-refractivity contribution in [2.45, 2.75) is 31.1 Å². The van der Waals surface area contributed by atoms with Crippen molar-refractivity contribution in [3.05, 3.63) is 66.0 Å². The van der Waals surface area contributed by atoms with E-state index < -0.39 is 0 Å². The van der Waals surface area contributed by atoms with E-state index in [2.05, 4.69) is 10.6 Å². The lowest BCUT2D eigenvalue weighted by atomic mass is 9.74. The predicted octanol–water partition coefficient (Wildman–Crippen LogP) is 3.93. The van der Waals surface area contributed by atoms with Crippen molar-refractivity contribution in [3.8, 4) is 0 Å². The number of likely N-dealkylation sites (tertiary alicyclic amines) is 1. The number of carbonyl (C=O) groups excluding carboxylic acids is 2. The van der Waals surface area contributed by atoms with Crippen molar-refractivity contribution < 1.29 is 18.7 Å². The standard InChI is InChI=1S/C25H30FN3O3/c26-21-10-8-20(9-11-21)25(12-15-32-16-13-25)18-27-23(30)19-5-4-14-29(17-19)24(31)28-22-6-2-1-3-7-22/h1-3,6-11,19H,4-5,12-18H2,(H,27,30)(H,28,31). The summed E-state index contributed by atoms with van der Waals surface area (Å²) in [6, 6.07) is 15.7. The highest BCUT2D eigenvalue weighted by atomic mass is 19.1. The van der Waals surface area contributed by atoms with Gasteiger partial charge < -0.3 is 20.3 Å². The topological polar surface area (TPSA) is 70.7 Å². The zero-order valence-electron chi connectivity index (χ0n) is 18.2. The number of piperidine rings is 1. The summed E-state index contributed by atoms with van der Waals surface area (Å²) in [7, 11) is 0. The fraction of sp³-hybridized carbons (Fsp3) is 0.440. The second-order valence-corrected chi connectivity index (χ2v) is 8.70. The molecule has 0 bridgehead atoms. The number of rotatable bonds is 5. The molecule has 0 radical (unpaired) electrons. The lowest BCUT2D eigenvalue weighted by molar-refractivity contribution is -0.126. The molecule has 3 amide bonds. The summed E-state index contributed by atoms with van der Waals surface area (Å²) in [4.78, 5) is 27.4. The van der Waals surface area contributed by atoms with Gasteiger partial charge in [0.15, 0.2) is 0 Å². The first-order valence-corrected chi connectivity index (χ1v) is 11.3. The minimum atomic E-state index is -0.268. The van der Waals surface area contributed by atoms with Crippen molar-refractivity contribution >= 4 is 17.6 Å². The van der Waals surface area contributed by atoms with Crippen molar-refractivity contribution in [3.63, 3.8) is 0 Å². The second-order valence-electron chi connectivity index (χ2n) is 8.70. The number of nitrogens with zero attached hydrogens (tertiary/aromatic N) is 1. The van der Waals surface area contributed by atoms with E-state index in [4.69, 9.17) is 4.74 Å². The summed E-state index contributed by atoms with van der Waals surface area (Å²) >= 11 is 0. The second kappa shape index (κ2) is 10.1. The SMILES string of the molecule is O=C(NCC1(c2ccc(F)cc2)CCOCC1)C1CCCN(C(=O)Nc2ccccc2)C1. The van der Waals surface area contributed by atoms with Crippen LogP contribution < -0.4 is 10.6 Å². The van der Waals surface area contributed by atoms with Gasteiger partial charge in [-0.2, -0.15) is 0 Å². The highest BCUT2D eigenvalue weighted by Crippen LogP contribution is 2.34. The average molecular weight is 440 g/mol. The number of halogens is 1. The lowest BCUT2D eigenvalue weighted by Crippen LogP contribution is -2.50. The number of hydrogen-bond donors (Lipinski definition) is 2. The van der Waals surface area contributed by atoms with Crippen LogP contribution in [0.4, 0.5) is 14.9 Å². The molecule has 0 aliphatic carbocycles. The quantitative estimate of drug-likeness (QED) is 0.742. The Bertz CT molecular complexity index is 914. The van der Waals surface area contributed by atoms with Crippen LogP contribution in [-0.2, 0) is 14.9 Å². The summed E-state index contributed by atoms with van der Waals surface area (Å²) in [6.45, 7) is 2.75. The Morgan fingerprint density at radius 1 is 1.06 bits per heavy atom. The van der Waals surface area contributed by atoms with E-state index in [1.165, 1.54) is 12.1 Å². The number of nitrogens with one attached hydrogen (secondary N) is 2. The number of benzene rings is 2. The normalized spacial score (nSPS) is 20.4. The Labute approximate surface area is 188 Å². The molecule has 0 saturated carbocycles. The maximum Gasteiger partial charge on any atom is 0.321 e. The molecule has 2 N–H and O–H groups in total. The van der Waals surface area contributed by atoms with E-state index in [0.717, 1.165) is 36.9 Å². The van der Waals surface area contributed by atoms with Crippen LogP contribution in [0.5, 0.6) is 0 Å². The zero-order chi connectivity index (χ0) is 22.4. The van der Waals surface area contributed by atoms with Gasteiger partial charge in [-0.25, -0.2) is 9.18 Å². The molecule has 0 aromatic heterocycles. The van der Waals surface area contributed by atoms with Gasteiger partial charge in [0.1, 0.15) is 5.82 Å². The van der Waals surface area contributed by atoms with Crippen molar-refractivity contribution in [1.82, 2.24) is 10.2 Å². The molecule has 6 nitrogen and oxygen atoms in total. The third-order valence-corrected chi connectivity index (χ3v) is 6.61. The summed E-state index contributed by atoms with van der Waals surface area (Å²) in [5.41, 5.74) is 1.50. The smallest absolute Gasteiger partial charge is 0.321 e. The third-order valence-electron chi connectivity index (χ3n) is 6.61. The molecule has 1 unspecified atom stereocenters. The molecule has 2 aliphatic rings. The van der Waals surface area contributed by atoms with Gasteiger partial charge in [0, 0.05) is 44.0 Å². The molecule has 0 spiro atoms. The highest BCUT2D eigenvalue weighted by molar-refractivity contribution is 5.90. The van der Waals surface area contributed by atoms with Crippen LogP contribution in [0.3, 0.4) is 0 Å². The third kappa shape index (κ3) is 5.27. The maximum absolute atomic E-state index is 13.4. The summed E-state index contributed by atoms with van der Waals surface area (Å²) in [5, 5.41) is 6.04. The molecule has 7 heteroatoms. The molecular formula is C25H30FN3O3. The molecular weight excluding hydrogens is 409 g/mol. The molecule has 2 fully saturated rings. The lowest BCUT2D eigenvalue weighted by Gasteiger charge is -2.39. The highest BCUT2D eigenvalue weighted by Gasteiger charge is 2.36. The molecule has 2 heterocycles. The molecule has 1 atom stereocenters. The Kier molecular flexibility index (Phi) is 7.05. The number of urea groups is 1. The largest absolute Gasteiger partial charge is 0.381 e. The molecule has 170 valence electrons. The van der Waals surface area contributed by atoms with Gasteiger partial charge in [-0.3, -0.25) is 4.79 Å². The first-order valence-electron chi connectivity index (χ1n) is 11.3. The molecule has 32 heavy (non-hydrogen) atoms. The minimum absolute atomic E-state index is 0.0322. The van der Waals surface area contributed by atoms with Gasteiger partial charge in [0.2, 0.25) is 5.91 Å². The van der Waals surface area contributed by atoms with Gasteiger partial charge in [-0.1, -0.05) is 30.3 Å². The van der Waals surface area contributed by atoms with E-state index in [-0.39, 0.29) is 29.1 Å². The fourth-order valence-electron chi connectivity index (χ4n) is 4.63. The molecule has 2 saturated heterocycles. The summed E-state index contributed by atoms with van der Waals surface area (Å²) < 4.78 is 19.0. The maximum atomic E-state index is 13.4. The van der Waals surface area contributed by atoms with E-state index in [9.17, 15) is 14.0 Å². The number of anilines is 1. The van der Waals surface area contributed by atoms with Gasteiger partial charge in [0.05, 0.1) is 5.92 Å². The zero-order valence-corrected chi connectivity index (χ0v) is 18.2. The number of para-hydroxylation sites is 1. The molecule has 2 aliphatic heterocycles. The van der Waals surface area contributed by atoms with Crippen molar-refractivity contribution in [2.24, 2.45) is 5.92 Å². The number of amides is 3. The number of carbonyl (C=O) groups is 2. The van der Waals surface area contributed by atoms with E-state index in [1.54, 1.807) is 4.90 Å². The van der Waals surface area contributed by atoms with Crippen LogP contribution in [-0.4, -0.2) is 49.7 Å². The first kappa shape index (κ1) is 22.3. The van der Waals surface area contributed by atoms with Crippen LogP contribution >= 0.6 is 0 Å². The predicted molar refractivity (Wildman–Crippen MR) is 121 cm³/mol. The van der Waals surface area contributed by atoms with Crippen LogP contribution in [0.15, 0.2) is 54.6 Å². The van der Waals surface area contributed by atoms with Crippen molar-refractivity contribution in [2.75, 3.05) is 38.2 Å². The van der Waals surface area contributed by atoms with Crippen LogP contribution in [0, 0.1) is 11.7 Å². The Hall–Kier alpha value is -2.93. The number of hydrogen-bond acceptors (Lipinski definition) is 3. The summed E-state index contributed by atoms with van der Waals surface area (Å²) in [6.07, 6.45) is 3.09. The molecule has 2 aromatic rings. The van der Waals surface area contributed by atoms with E-state index >= 15 is 0 Å². The Morgan fingerprint density at radius 3 is 2.50 bits per heavy atom. The Morgan fingerprint density at radius 2 is 1.78 bits per heavy atom. The average Bonchev–Trinajstić information content (AvgIpc) is 2.84. The van der Waals surface area contributed by atoms with Gasteiger partial charge >= 0.3 is 6.03 Å². The van der Waals surface area contributed by atoms with Gasteiger partial charge in [0.25, 0.3) is 0 Å². The van der Waals surface area contributed by atoms with Gasteiger partial charge in [-0.05, 0) is 55.5 Å². The van der Waals surface area contributed by atoms with Crippen molar-refractivity contribution in [1.29, 1.82) is 0 Å². The van der Waals surface area contributed by atoms with Crippen LogP contribution in [0.25, 0.3) is 0 Å². The summed E-state index contributed by atoms with van der Waals surface area (Å²) in [5.74, 6) is -0.540. The first-order chi connectivity index (χ1) is 15.6. The van der Waals surface area contributed by atoms with Crippen LogP contribution in [0.2, 0.25) is 0 Å². The fourth-order valence-corrected chi connectivity index (χ4v) is 4.63.